The molecule has 2 N–H and O–H groups in total. The second kappa shape index (κ2) is 10.8. The van der Waals surface area contributed by atoms with Gasteiger partial charge in [0.05, 0.1) is 10.5 Å². The largest absolute Gasteiger partial charge is 0.487 e. The van der Waals surface area contributed by atoms with Gasteiger partial charge in [0.1, 0.15) is 30.3 Å². The average Bonchev–Trinajstić information content (AvgIpc) is 3.61. The van der Waals surface area contributed by atoms with Crippen molar-refractivity contribution in [3.8, 4) is 16.9 Å². The van der Waals surface area contributed by atoms with Gasteiger partial charge >= 0.3 is 0 Å². The Kier molecular flexibility index (Phi) is 6.94. The summed E-state index contributed by atoms with van der Waals surface area (Å²) in [6, 6.07) is 20.2. The number of hydrogen-bond donors (Lipinski definition) is 2. The van der Waals surface area contributed by atoms with Crippen LogP contribution in [0.2, 0.25) is 5.02 Å². The van der Waals surface area contributed by atoms with Crippen LogP contribution in [0.15, 0.2) is 85.5 Å². The lowest BCUT2D eigenvalue weighted by atomic mass is 10.1. The molecule has 3 heterocycles. The lowest BCUT2D eigenvalue weighted by Crippen LogP contribution is -2.13. The van der Waals surface area contributed by atoms with Crippen LogP contribution in [-0.2, 0) is 13.2 Å². The first-order valence-corrected chi connectivity index (χ1v) is 13.0. The minimum absolute atomic E-state index is 0.225. The molecule has 6 nitrogen and oxygen atoms in total. The van der Waals surface area contributed by atoms with Gasteiger partial charge in [-0.2, -0.15) is 0 Å². The van der Waals surface area contributed by atoms with E-state index in [1.807, 2.05) is 18.2 Å². The number of hydrogen-bond acceptors (Lipinski definition) is 5. The summed E-state index contributed by atoms with van der Waals surface area (Å²) in [6.45, 7) is 3.44. The molecule has 3 aromatic carbocycles. The van der Waals surface area contributed by atoms with Gasteiger partial charge in [-0.15, -0.1) is 0 Å². The van der Waals surface area contributed by atoms with E-state index in [1.165, 1.54) is 18.6 Å². The van der Waals surface area contributed by atoms with Gasteiger partial charge in [0.25, 0.3) is 0 Å². The van der Waals surface area contributed by atoms with Crippen molar-refractivity contribution in [3.05, 3.63) is 102 Å². The SMILES string of the molecule is Fc1cccc(COc2ccc(Nc3ncnc4ccc(-c5ccn(CC6CCNC6)c5)cc34)cc2Cl)c1. The molecule has 0 radical (unpaired) electrons. The van der Waals surface area contributed by atoms with Crippen LogP contribution in [0, 0.1) is 11.7 Å². The fraction of sp³-hybridized carbons (Fsp3) is 0.200. The van der Waals surface area contributed by atoms with E-state index < -0.39 is 0 Å². The molecule has 1 aliphatic rings. The van der Waals surface area contributed by atoms with Crippen LogP contribution in [0.3, 0.4) is 0 Å². The highest BCUT2D eigenvalue weighted by Crippen LogP contribution is 2.32. The zero-order valence-electron chi connectivity index (χ0n) is 20.7. The molecule has 1 unspecified atom stereocenters. The molecule has 1 atom stereocenters. The smallest absolute Gasteiger partial charge is 0.141 e. The summed E-state index contributed by atoms with van der Waals surface area (Å²) in [5, 5.41) is 8.18. The molecule has 38 heavy (non-hydrogen) atoms. The van der Waals surface area contributed by atoms with E-state index in [9.17, 15) is 4.39 Å². The number of nitrogens with one attached hydrogen (secondary N) is 2. The number of aromatic nitrogens is 3. The van der Waals surface area contributed by atoms with Crippen LogP contribution < -0.4 is 15.4 Å². The number of ether oxygens (including phenoxy) is 1. The van der Waals surface area contributed by atoms with Crippen molar-refractivity contribution in [2.45, 2.75) is 19.6 Å². The molecule has 192 valence electrons. The molecule has 0 aliphatic carbocycles. The van der Waals surface area contributed by atoms with Crippen LogP contribution in [0.25, 0.3) is 22.0 Å². The Morgan fingerprint density at radius 1 is 1.05 bits per heavy atom. The molecule has 0 amide bonds. The Labute approximate surface area is 225 Å². The first-order valence-electron chi connectivity index (χ1n) is 12.7. The number of nitrogens with zero attached hydrogens (tertiary/aromatic N) is 3. The molecule has 6 rings (SSSR count). The Morgan fingerprint density at radius 2 is 2.00 bits per heavy atom. The maximum absolute atomic E-state index is 13.4. The molecule has 0 spiro atoms. The molecule has 5 aromatic rings. The average molecular weight is 528 g/mol. The Morgan fingerprint density at radius 3 is 2.84 bits per heavy atom. The van der Waals surface area contributed by atoms with Crippen LogP contribution in [-0.4, -0.2) is 27.6 Å². The minimum atomic E-state index is -0.295. The third kappa shape index (κ3) is 5.49. The summed E-state index contributed by atoms with van der Waals surface area (Å²) < 4.78 is 21.5. The molecular formula is C30H27ClFN5O. The van der Waals surface area contributed by atoms with E-state index >= 15 is 0 Å². The highest BCUT2D eigenvalue weighted by atomic mass is 35.5. The summed E-state index contributed by atoms with van der Waals surface area (Å²) in [6.07, 6.45) is 7.13. The van der Waals surface area contributed by atoms with E-state index in [4.69, 9.17) is 16.3 Å². The van der Waals surface area contributed by atoms with Crippen LogP contribution in [0.5, 0.6) is 5.75 Å². The van der Waals surface area contributed by atoms with Gasteiger partial charge in [0.2, 0.25) is 0 Å². The third-order valence-corrected chi connectivity index (χ3v) is 7.12. The number of benzene rings is 3. The van der Waals surface area contributed by atoms with E-state index in [2.05, 4.69) is 55.8 Å². The molecule has 1 saturated heterocycles. The molecule has 1 fully saturated rings. The number of halogens is 2. The van der Waals surface area contributed by atoms with Gasteiger partial charge in [-0.3, -0.25) is 0 Å². The topological polar surface area (TPSA) is 64.0 Å². The van der Waals surface area contributed by atoms with E-state index in [0.29, 0.717) is 22.5 Å². The fourth-order valence-corrected chi connectivity index (χ4v) is 5.08. The van der Waals surface area contributed by atoms with Crippen LogP contribution >= 0.6 is 11.6 Å². The maximum atomic E-state index is 13.4. The standard InChI is InChI=1S/C30H27ClFN5O/c31-27-14-25(5-7-29(27)38-18-20-2-1-3-24(32)12-20)36-30-26-13-22(4-6-28(26)34-19-35-30)23-9-11-37(17-23)16-21-8-10-33-15-21/h1-7,9,11-14,17,19,21,33H,8,10,15-16,18H2,(H,34,35,36). The molecule has 0 saturated carbocycles. The molecule has 2 aromatic heterocycles. The summed E-state index contributed by atoms with van der Waals surface area (Å²) in [5.41, 5.74) is 4.63. The third-order valence-electron chi connectivity index (χ3n) is 6.83. The van der Waals surface area contributed by atoms with Crippen molar-refractivity contribution in [1.29, 1.82) is 0 Å². The molecular weight excluding hydrogens is 501 g/mol. The molecule has 8 heteroatoms. The second-order valence-corrected chi connectivity index (χ2v) is 10.0. The van der Waals surface area contributed by atoms with Gasteiger partial charge in [0, 0.05) is 30.0 Å². The number of rotatable bonds is 8. The van der Waals surface area contributed by atoms with Crippen LogP contribution in [0.4, 0.5) is 15.9 Å². The Balaban J connectivity index is 1.20. The summed E-state index contributed by atoms with van der Waals surface area (Å²) >= 11 is 6.50. The van der Waals surface area contributed by atoms with Crippen molar-refractivity contribution in [2.24, 2.45) is 5.92 Å². The van der Waals surface area contributed by atoms with Gasteiger partial charge in [-0.1, -0.05) is 29.8 Å². The summed E-state index contributed by atoms with van der Waals surface area (Å²) in [5.74, 6) is 1.60. The highest BCUT2D eigenvalue weighted by Gasteiger charge is 2.15. The first-order chi connectivity index (χ1) is 18.6. The van der Waals surface area contributed by atoms with Gasteiger partial charge in [-0.05, 0) is 90.6 Å². The van der Waals surface area contributed by atoms with Gasteiger partial charge < -0.3 is 19.9 Å². The van der Waals surface area contributed by atoms with Gasteiger partial charge in [-0.25, -0.2) is 14.4 Å². The number of anilines is 2. The lowest BCUT2D eigenvalue weighted by Gasteiger charge is -2.12. The zero-order valence-corrected chi connectivity index (χ0v) is 21.5. The quantitative estimate of drug-likeness (QED) is 0.232. The fourth-order valence-electron chi connectivity index (χ4n) is 4.85. The monoisotopic (exact) mass is 527 g/mol. The second-order valence-electron chi connectivity index (χ2n) is 9.60. The predicted octanol–water partition coefficient (Wildman–Crippen LogP) is 6.82. The first kappa shape index (κ1) is 24.4. The zero-order chi connectivity index (χ0) is 25.9. The maximum Gasteiger partial charge on any atom is 0.141 e. The number of fused-ring (bicyclic) bond motifs is 1. The predicted molar refractivity (Wildman–Crippen MR) is 149 cm³/mol. The normalized spacial score (nSPS) is 15.2. The molecule has 0 bridgehead atoms. The van der Waals surface area contributed by atoms with Gasteiger partial charge in [0.15, 0.2) is 0 Å². The van der Waals surface area contributed by atoms with E-state index in [1.54, 1.807) is 24.5 Å². The van der Waals surface area contributed by atoms with Crippen molar-refractivity contribution >= 4 is 34.0 Å². The summed E-state index contributed by atoms with van der Waals surface area (Å²) in [7, 11) is 0. The van der Waals surface area contributed by atoms with Crippen molar-refractivity contribution in [3.63, 3.8) is 0 Å². The minimum Gasteiger partial charge on any atom is -0.487 e. The van der Waals surface area contributed by atoms with Crippen molar-refractivity contribution in [2.75, 3.05) is 18.4 Å². The summed E-state index contributed by atoms with van der Waals surface area (Å²) in [4.78, 5) is 8.95. The highest BCUT2D eigenvalue weighted by molar-refractivity contribution is 6.32. The Bertz CT molecular complexity index is 1580. The molecule has 1 aliphatic heterocycles. The van der Waals surface area contributed by atoms with Crippen LogP contribution in [0.1, 0.15) is 12.0 Å². The Hall–Kier alpha value is -3.94. The van der Waals surface area contributed by atoms with Crippen molar-refractivity contribution in [1.82, 2.24) is 19.9 Å². The van der Waals surface area contributed by atoms with Crippen molar-refractivity contribution < 1.29 is 9.13 Å². The lowest BCUT2D eigenvalue weighted by molar-refractivity contribution is 0.306. The van der Waals surface area contributed by atoms with E-state index in [-0.39, 0.29) is 12.4 Å². The van der Waals surface area contributed by atoms with E-state index in [0.717, 1.165) is 52.9 Å².